The van der Waals surface area contributed by atoms with Crippen LogP contribution in [-0.2, 0) is 9.53 Å². The third-order valence-corrected chi connectivity index (χ3v) is 5.24. The quantitative estimate of drug-likeness (QED) is 0.719. The van der Waals surface area contributed by atoms with Crippen molar-refractivity contribution in [2.45, 2.75) is 25.0 Å². The number of phenolic OH excluding ortho intramolecular Hbond substituents is 1. The minimum atomic E-state index is -0.862. The topological polar surface area (TPSA) is 109 Å². The largest absolute Gasteiger partial charge is 0.504 e. The van der Waals surface area contributed by atoms with Crippen LogP contribution < -0.4 is 4.74 Å². The molecule has 2 aliphatic heterocycles. The minimum Gasteiger partial charge on any atom is -0.504 e. The van der Waals surface area contributed by atoms with Crippen LogP contribution >= 0.6 is 0 Å². The molecule has 1 fully saturated rings. The summed E-state index contributed by atoms with van der Waals surface area (Å²) in [6, 6.07) is 6.73. The molecule has 0 saturated carbocycles. The zero-order valence-electron chi connectivity index (χ0n) is 15.8. The summed E-state index contributed by atoms with van der Waals surface area (Å²) in [5.41, 5.74) is 0.445. The second-order valence-corrected chi connectivity index (χ2v) is 7.00. The Bertz CT molecular complexity index is 957. The molecule has 2 N–H and O–H groups in total. The van der Waals surface area contributed by atoms with Gasteiger partial charge in [-0.25, -0.2) is 0 Å². The molecule has 0 bridgehead atoms. The van der Waals surface area contributed by atoms with Crippen LogP contribution in [-0.4, -0.2) is 53.2 Å². The van der Waals surface area contributed by atoms with Gasteiger partial charge in [-0.05, 0) is 42.7 Å². The van der Waals surface area contributed by atoms with Gasteiger partial charge < -0.3 is 29.0 Å². The lowest BCUT2D eigenvalue weighted by molar-refractivity contribution is -0.131. The fourth-order valence-corrected chi connectivity index (χ4v) is 3.83. The Morgan fingerprint density at radius 1 is 1.31 bits per heavy atom. The van der Waals surface area contributed by atoms with Crippen molar-refractivity contribution in [3.8, 4) is 11.5 Å². The van der Waals surface area contributed by atoms with Gasteiger partial charge in [-0.2, -0.15) is 0 Å². The van der Waals surface area contributed by atoms with Gasteiger partial charge in [0, 0.05) is 13.2 Å². The Labute approximate surface area is 166 Å². The Kier molecular flexibility index (Phi) is 5.02. The number of carbonyl (C=O) groups excluding carboxylic acids is 2. The van der Waals surface area contributed by atoms with Crippen LogP contribution in [0.1, 0.15) is 35.0 Å². The van der Waals surface area contributed by atoms with Crippen LogP contribution in [0.4, 0.5) is 0 Å². The zero-order chi connectivity index (χ0) is 20.5. The highest BCUT2D eigenvalue weighted by atomic mass is 16.5. The van der Waals surface area contributed by atoms with E-state index in [2.05, 4.69) is 0 Å². The number of benzene rings is 1. The average molecular weight is 399 g/mol. The number of aromatic hydroxyl groups is 1. The highest BCUT2D eigenvalue weighted by molar-refractivity contribution is 6.15. The molecule has 0 unspecified atom stereocenters. The number of amides is 1. The van der Waals surface area contributed by atoms with Crippen molar-refractivity contribution in [3.05, 3.63) is 59.3 Å². The fraction of sp³-hybridized carbons (Fsp3) is 0.333. The van der Waals surface area contributed by atoms with E-state index in [0.29, 0.717) is 12.2 Å². The van der Waals surface area contributed by atoms with Gasteiger partial charge in [0.25, 0.3) is 5.91 Å². The molecule has 152 valence electrons. The van der Waals surface area contributed by atoms with Crippen molar-refractivity contribution in [3.63, 3.8) is 0 Å². The Balaban J connectivity index is 1.78. The van der Waals surface area contributed by atoms with Gasteiger partial charge in [0.1, 0.15) is 0 Å². The molecule has 0 aliphatic carbocycles. The van der Waals surface area contributed by atoms with Gasteiger partial charge >= 0.3 is 0 Å². The van der Waals surface area contributed by atoms with Crippen molar-refractivity contribution in [1.29, 1.82) is 0 Å². The third kappa shape index (κ3) is 3.36. The van der Waals surface area contributed by atoms with E-state index >= 15 is 0 Å². The number of Topliss-reactive ketones (excluding diaryl/α,β-unsaturated/α-hetero) is 1. The summed E-state index contributed by atoms with van der Waals surface area (Å²) in [6.45, 7) is 0.841. The first-order chi connectivity index (χ1) is 14.0. The summed E-state index contributed by atoms with van der Waals surface area (Å²) in [6.07, 6.45) is 2.86. The zero-order valence-corrected chi connectivity index (χ0v) is 15.8. The number of phenols is 1. The number of furan rings is 1. The second kappa shape index (κ2) is 7.63. The summed E-state index contributed by atoms with van der Waals surface area (Å²) in [7, 11) is 1.41. The molecule has 2 aromatic rings. The Hall–Kier alpha value is -3.26. The first-order valence-corrected chi connectivity index (χ1v) is 9.32. The molecule has 8 heteroatoms. The van der Waals surface area contributed by atoms with Crippen LogP contribution in [0.2, 0.25) is 0 Å². The van der Waals surface area contributed by atoms with E-state index in [4.69, 9.17) is 13.9 Å². The van der Waals surface area contributed by atoms with Crippen molar-refractivity contribution in [2.75, 3.05) is 20.3 Å². The highest BCUT2D eigenvalue weighted by Gasteiger charge is 2.45. The molecule has 1 aromatic heterocycles. The van der Waals surface area contributed by atoms with Crippen LogP contribution in [0.15, 0.2) is 52.3 Å². The number of ketones is 1. The van der Waals surface area contributed by atoms with Gasteiger partial charge in [0.15, 0.2) is 23.0 Å². The average Bonchev–Trinajstić information content (AvgIpc) is 3.47. The highest BCUT2D eigenvalue weighted by Crippen LogP contribution is 2.42. The predicted molar refractivity (Wildman–Crippen MR) is 101 cm³/mol. The third-order valence-electron chi connectivity index (χ3n) is 5.24. The summed E-state index contributed by atoms with van der Waals surface area (Å²) in [5.74, 6) is -1.68. The first kappa shape index (κ1) is 19.1. The molecule has 0 spiro atoms. The summed E-state index contributed by atoms with van der Waals surface area (Å²) < 4.78 is 16.0. The lowest BCUT2D eigenvalue weighted by Crippen LogP contribution is -2.37. The van der Waals surface area contributed by atoms with Crippen molar-refractivity contribution < 1.29 is 33.7 Å². The maximum Gasteiger partial charge on any atom is 0.290 e. The molecule has 2 atom stereocenters. The first-order valence-electron chi connectivity index (χ1n) is 9.32. The van der Waals surface area contributed by atoms with E-state index in [1.165, 1.54) is 30.4 Å². The number of rotatable bonds is 6. The van der Waals surface area contributed by atoms with Crippen LogP contribution in [0.3, 0.4) is 0 Å². The van der Waals surface area contributed by atoms with E-state index < -0.39 is 23.5 Å². The normalized spacial score (nSPS) is 21.8. The lowest BCUT2D eigenvalue weighted by atomic mass is 9.94. The van der Waals surface area contributed by atoms with Gasteiger partial charge in [0.2, 0.25) is 5.78 Å². The van der Waals surface area contributed by atoms with Crippen molar-refractivity contribution >= 4 is 11.7 Å². The van der Waals surface area contributed by atoms with Gasteiger partial charge in [-0.15, -0.1) is 0 Å². The SMILES string of the molecule is COc1cc([C@@H]2C(C(=O)c3ccco3)=C(O)C(=O)N2C[C@@H]2CCCO2)ccc1O. The standard InChI is InChI=1S/C21H21NO7/c1-27-16-10-12(6-7-14(16)23)18-17(19(24)15-5-3-9-29-15)20(25)21(26)22(18)11-13-4-2-8-28-13/h3,5-7,9-10,13,18,23,25H,2,4,8,11H2,1H3/t13-,18+/m0/s1. The summed E-state index contributed by atoms with van der Waals surface area (Å²) >= 11 is 0. The number of methoxy groups -OCH3 is 1. The molecule has 8 nitrogen and oxygen atoms in total. The van der Waals surface area contributed by atoms with Gasteiger partial charge in [-0.1, -0.05) is 6.07 Å². The molecule has 1 aromatic carbocycles. The van der Waals surface area contributed by atoms with E-state index in [-0.39, 0.29) is 35.5 Å². The molecule has 3 heterocycles. The maximum absolute atomic E-state index is 13.0. The summed E-state index contributed by atoms with van der Waals surface area (Å²) in [4.78, 5) is 27.4. The van der Waals surface area contributed by atoms with Crippen LogP contribution in [0, 0.1) is 0 Å². The second-order valence-electron chi connectivity index (χ2n) is 7.00. The number of aliphatic hydroxyl groups excluding tert-OH is 1. The smallest absolute Gasteiger partial charge is 0.290 e. The number of ether oxygens (including phenoxy) is 2. The summed E-state index contributed by atoms with van der Waals surface area (Å²) in [5, 5.41) is 20.5. The fourth-order valence-electron chi connectivity index (χ4n) is 3.83. The Morgan fingerprint density at radius 2 is 2.14 bits per heavy atom. The van der Waals surface area contributed by atoms with Gasteiger partial charge in [-0.3, -0.25) is 9.59 Å². The van der Waals surface area contributed by atoms with Crippen LogP contribution in [0.25, 0.3) is 0 Å². The van der Waals surface area contributed by atoms with E-state index in [0.717, 1.165) is 12.8 Å². The van der Waals surface area contributed by atoms with E-state index in [1.807, 2.05) is 0 Å². The molecular weight excluding hydrogens is 378 g/mol. The number of hydrogen-bond acceptors (Lipinski definition) is 7. The molecule has 2 aliphatic rings. The van der Waals surface area contributed by atoms with E-state index in [9.17, 15) is 19.8 Å². The van der Waals surface area contributed by atoms with Gasteiger partial charge in [0.05, 0.1) is 31.1 Å². The Morgan fingerprint density at radius 3 is 2.79 bits per heavy atom. The van der Waals surface area contributed by atoms with E-state index in [1.54, 1.807) is 18.2 Å². The number of hydrogen-bond donors (Lipinski definition) is 2. The molecular formula is C21H21NO7. The maximum atomic E-state index is 13.0. The minimum absolute atomic E-state index is 0.0223. The molecule has 1 saturated heterocycles. The van der Waals surface area contributed by atoms with Crippen molar-refractivity contribution in [1.82, 2.24) is 4.90 Å². The molecule has 29 heavy (non-hydrogen) atoms. The molecule has 1 amide bonds. The molecule has 4 rings (SSSR count). The predicted octanol–water partition coefficient (Wildman–Crippen LogP) is 2.75. The number of carbonyl (C=O) groups is 2. The molecule has 0 radical (unpaired) electrons. The number of aliphatic hydroxyl groups is 1. The van der Waals surface area contributed by atoms with Crippen molar-refractivity contribution in [2.24, 2.45) is 0 Å². The number of nitrogens with zero attached hydrogens (tertiary/aromatic N) is 1. The lowest BCUT2D eigenvalue weighted by Gasteiger charge is -2.29. The van der Waals surface area contributed by atoms with Crippen LogP contribution in [0.5, 0.6) is 11.5 Å². The monoisotopic (exact) mass is 399 g/mol.